The van der Waals surface area contributed by atoms with Crippen LogP contribution < -0.4 is 10.6 Å². The fraction of sp³-hybridized carbons (Fsp3) is 0.708. The highest BCUT2D eigenvalue weighted by Gasteiger charge is 2.23. The summed E-state index contributed by atoms with van der Waals surface area (Å²) in [5, 5.41) is 26.0. The minimum Gasteiger partial charge on any atom is -0.480 e. The lowest BCUT2D eigenvalue weighted by atomic mass is 10.1. The molecule has 0 radical (unpaired) electrons. The van der Waals surface area contributed by atoms with Crippen molar-refractivity contribution < 1.29 is 19.8 Å². The molecule has 0 amide bonds. The van der Waals surface area contributed by atoms with Gasteiger partial charge in [-0.15, -0.1) is 0 Å². The largest absolute Gasteiger partial charge is 0.480 e. The Morgan fingerprint density at radius 1 is 0.970 bits per heavy atom. The number of carbonyl (C=O) groups is 2. The highest BCUT2D eigenvalue weighted by molar-refractivity contribution is 5.69. The monoisotopic (exact) mass is 463 g/mol. The molecule has 0 saturated carbocycles. The first-order valence-electron chi connectivity index (χ1n) is 12.1. The second-order valence-electron chi connectivity index (χ2n) is 8.87. The number of rotatable bonds is 5. The lowest BCUT2D eigenvalue weighted by molar-refractivity contribution is -0.139. The first-order chi connectivity index (χ1) is 15.8. The molecule has 1 aliphatic heterocycles. The summed E-state index contributed by atoms with van der Waals surface area (Å²) in [4.78, 5) is 31.7. The number of aromatic nitrogens is 1. The Balaban J connectivity index is 2.27. The van der Waals surface area contributed by atoms with Crippen LogP contribution in [-0.4, -0.2) is 88.8 Å². The number of nitrogens with one attached hydrogen (secondary N) is 2. The van der Waals surface area contributed by atoms with Crippen LogP contribution in [0.1, 0.15) is 69.9 Å². The van der Waals surface area contributed by atoms with Gasteiger partial charge in [-0.3, -0.25) is 24.4 Å². The van der Waals surface area contributed by atoms with Crippen molar-refractivity contribution in [2.24, 2.45) is 0 Å². The molecule has 0 aromatic carbocycles. The summed E-state index contributed by atoms with van der Waals surface area (Å²) in [6, 6.07) is 5.87. The first kappa shape index (κ1) is 27.2. The molecule has 2 heterocycles. The lowest BCUT2D eigenvalue weighted by Gasteiger charge is -2.30. The zero-order valence-corrected chi connectivity index (χ0v) is 20.3. The van der Waals surface area contributed by atoms with Gasteiger partial charge in [0.05, 0.1) is 24.5 Å². The van der Waals surface area contributed by atoms with Crippen LogP contribution in [0, 0.1) is 0 Å². The molecule has 1 aromatic heterocycles. The standard InChI is InChI=1S/C24H41N5O4/c1-4-20-10-13-25-11-6-14-28(16-23(30)31)18(2)21-8-5-9-22(27-21)19(3)29(17-24(32)33)15-7-12-26-20/h5,8-9,18-20,25-26H,4,6-7,10-17H2,1-3H3,(H,30,31)(H,32,33). The molecule has 0 fully saturated rings. The second-order valence-corrected chi connectivity index (χ2v) is 8.87. The Bertz CT molecular complexity index is 747. The van der Waals surface area contributed by atoms with E-state index in [1.807, 2.05) is 41.8 Å². The van der Waals surface area contributed by atoms with Crippen LogP contribution in [0.2, 0.25) is 0 Å². The van der Waals surface area contributed by atoms with Gasteiger partial charge in [0, 0.05) is 31.2 Å². The number of hydrogen-bond donors (Lipinski definition) is 4. The van der Waals surface area contributed by atoms with Crippen molar-refractivity contribution in [3.05, 3.63) is 29.6 Å². The van der Waals surface area contributed by atoms with Gasteiger partial charge in [0.1, 0.15) is 0 Å². The second kappa shape index (κ2) is 14.2. The van der Waals surface area contributed by atoms with Crippen molar-refractivity contribution in [1.82, 2.24) is 25.4 Å². The number of hydrogen-bond acceptors (Lipinski definition) is 7. The molecule has 1 aliphatic rings. The molecule has 4 N–H and O–H groups in total. The van der Waals surface area contributed by atoms with Crippen LogP contribution in [0.5, 0.6) is 0 Å². The predicted molar refractivity (Wildman–Crippen MR) is 128 cm³/mol. The van der Waals surface area contributed by atoms with E-state index in [0.29, 0.717) is 19.1 Å². The van der Waals surface area contributed by atoms with Crippen molar-refractivity contribution in [3.63, 3.8) is 0 Å². The number of nitrogens with zero attached hydrogens (tertiary/aromatic N) is 3. The maximum atomic E-state index is 11.5. The maximum absolute atomic E-state index is 11.5. The van der Waals surface area contributed by atoms with Crippen molar-refractivity contribution in [1.29, 1.82) is 0 Å². The Labute approximate surface area is 197 Å². The van der Waals surface area contributed by atoms with Gasteiger partial charge >= 0.3 is 11.9 Å². The first-order valence-corrected chi connectivity index (χ1v) is 12.1. The van der Waals surface area contributed by atoms with Crippen LogP contribution in [0.4, 0.5) is 0 Å². The zero-order chi connectivity index (χ0) is 24.2. The third-order valence-electron chi connectivity index (χ3n) is 6.44. The maximum Gasteiger partial charge on any atom is 0.317 e. The highest BCUT2D eigenvalue weighted by atomic mass is 16.4. The van der Waals surface area contributed by atoms with Crippen molar-refractivity contribution >= 4 is 11.9 Å². The smallest absolute Gasteiger partial charge is 0.317 e. The van der Waals surface area contributed by atoms with Crippen LogP contribution in [-0.2, 0) is 9.59 Å². The van der Waals surface area contributed by atoms with Gasteiger partial charge in [0.15, 0.2) is 0 Å². The Hall–Kier alpha value is -2.07. The molecule has 186 valence electrons. The summed E-state index contributed by atoms with van der Waals surface area (Å²) in [5.41, 5.74) is 1.61. The Morgan fingerprint density at radius 2 is 1.52 bits per heavy atom. The molecule has 3 atom stereocenters. The Kier molecular flexibility index (Phi) is 11.7. The average Bonchev–Trinajstić information content (AvgIpc) is 2.79. The summed E-state index contributed by atoms with van der Waals surface area (Å²) in [6.07, 6.45) is 3.77. The van der Waals surface area contributed by atoms with Gasteiger partial charge in [-0.05, 0) is 71.3 Å². The summed E-state index contributed by atoms with van der Waals surface area (Å²) in [7, 11) is 0. The number of carboxylic acid groups (broad SMARTS) is 2. The van der Waals surface area contributed by atoms with Crippen molar-refractivity contribution in [2.75, 3.05) is 45.8 Å². The molecule has 9 nitrogen and oxygen atoms in total. The van der Waals surface area contributed by atoms with Crippen molar-refractivity contribution in [2.45, 2.75) is 64.6 Å². The molecule has 9 heteroatoms. The fourth-order valence-electron chi connectivity index (χ4n) is 4.32. The summed E-state index contributed by atoms with van der Waals surface area (Å²) < 4.78 is 0. The van der Waals surface area contributed by atoms with E-state index in [9.17, 15) is 19.8 Å². The highest BCUT2D eigenvalue weighted by Crippen LogP contribution is 2.23. The fourth-order valence-corrected chi connectivity index (χ4v) is 4.32. The topological polar surface area (TPSA) is 118 Å². The van der Waals surface area contributed by atoms with Crippen LogP contribution in [0.3, 0.4) is 0 Å². The molecule has 1 aromatic rings. The predicted octanol–water partition coefficient (Wildman–Crippen LogP) is 2.12. The Morgan fingerprint density at radius 3 is 2.03 bits per heavy atom. The number of aliphatic carboxylic acids is 2. The van der Waals surface area contributed by atoms with Gasteiger partial charge in [0.2, 0.25) is 0 Å². The van der Waals surface area contributed by atoms with Crippen molar-refractivity contribution in [3.8, 4) is 0 Å². The summed E-state index contributed by atoms with van der Waals surface area (Å²) in [6.45, 7) is 9.95. The van der Waals surface area contributed by atoms with E-state index >= 15 is 0 Å². The number of fused-ring (bicyclic) bond motifs is 2. The van der Waals surface area contributed by atoms with Gasteiger partial charge in [-0.1, -0.05) is 13.0 Å². The van der Waals surface area contributed by atoms with E-state index in [0.717, 1.165) is 56.7 Å². The summed E-state index contributed by atoms with van der Waals surface area (Å²) >= 11 is 0. The third-order valence-corrected chi connectivity index (χ3v) is 6.44. The normalized spacial score (nSPS) is 25.1. The minimum absolute atomic E-state index is 0.0460. The zero-order valence-electron chi connectivity index (χ0n) is 20.3. The quantitative estimate of drug-likeness (QED) is 0.521. The molecule has 0 spiro atoms. The van der Waals surface area contributed by atoms with Gasteiger partial charge < -0.3 is 20.8 Å². The molecular weight excluding hydrogens is 422 g/mol. The lowest BCUT2D eigenvalue weighted by Crippen LogP contribution is -2.38. The van der Waals surface area contributed by atoms with E-state index in [1.54, 1.807) is 0 Å². The summed E-state index contributed by atoms with van der Waals surface area (Å²) in [5.74, 6) is -1.71. The molecule has 2 rings (SSSR count). The van der Waals surface area contributed by atoms with Gasteiger partial charge in [-0.25, -0.2) is 0 Å². The molecule has 0 saturated heterocycles. The number of pyridine rings is 1. The van der Waals surface area contributed by atoms with Crippen LogP contribution in [0.15, 0.2) is 18.2 Å². The molecule has 2 bridgehead atoms. The van der Waals surface area contributed by atoms with Crippen LogP contribution in [0.25, 0.3) is 0 Å². The average molecular weight is 464 g/mol. The van der Waals surface area contributed by atoms with Gasteiger partial charge in [0.25, 0.3) is 0 Å². The number of carboxylic acids is 2. The molecular formula is C24H41N5O4. The SMILES string of the molecule is CCC1CCNCCCN(CC(=O)O)C(C)c2cccc(n2)C(C)N(CC(=O)O)CCCN1. The van der Waals surface area contributed by atoms with E-state index in [-0.39, 0.29) is 25.2 Å². The molecule has 3 unspecified atom stereocenters. The van der Waals surface area contributed by atoms with E-state index in [2.05, 4.69) is 17.6 Å². The molecule has 0 aliphatic carbocycles. The van der Waals surface area contributed by atoms with E-state index in [1.165, 1.54) is 0 Å². The molecule has 33 heavy (non-hydrogen) atoms. The van der Waals surface area contributed by atoms with Gasteiger partial charge in [-0.2, -0.15) is 0 Å². The van der Waals surface area contributed by atoms with E-state index in [4.69, 9.17) is 4.98 Å². The minimum atomic E-state index is -0.856. The van der Waals surface area contributed by atoms with E-state index < -0.39 is 11.9 Å². The third kappa shape index (κ3) is 9.37. The van der Waals surface area contributed by atoms with Crippen LogP contribution >= 0.6 is 0 Å².